The molecule has 1 aliphatic heterocycles. The molecule has 0 spiro atoms. The maximum Gasteiger partial charge on any atom is 0.161 e. The number of benzene rings is 1. The monoisotopic (exact) mass is 247 g/mol. The second kappa shape index (κ2) is 5.19. The van der Waals surface area contributed by atoms with Gasteiger partial charge in [-0.15, -0.1) is 0 Å². The molecule has 0 saturated heterocycles. The SMILES string of the molecule is CC1CC(NCCc2ccc3c(c2)OCCO3)C1. The van der Waals surface area contributed by atoms with Crippen molar-refractivity contribution in [2.45, 2.75) is 32.2 Å². The van der Waals surface area contributed by atoms with E-state index < -0.39 is 0 Å². The first-order chi connectivity index (χ1) is 8.81. The molecular weight excluding hydrogens is 226 g/mol. The summed E-state index contributed by atoms with van der Waals surface area (Å²) in [6.45, 7) is 4.69. The van der Waals surface area contributed by atoms with E-state index in [1.807, 2.05) is 6.07 Å². The molecule has 1 aliphatic carbocycles. The van der Waals surface area contributed by atoms with Crippen LogP contribution in [0.4, 0.5) is 0 Å². The van der Waals surface area contributed by atoms with Gasteiger partial charge in [-0.3, -0.25) is 0 Å². The number of nitrogens with one attached hydrogen (secondary N) is 1. The summed E-state index contributed by atoms with van der Waals surface area (Å²) in [6, 6.07) is 7.02. The largest absolute Gasteiger partial charge is 0.486 e. The van der Waals surface area contributed by atoms with E-state index >= 15 is 0 Å². The first-order valence-corrected chi connectivity index (χ1v) is 6.93. The smallest absolute Gasteiger partial charge is 0.161 e. The highest BCUT2D eigenvalue weighted by Gasteiger charge is 2.24. The predicted molar refractivity (Wildman–Crippen MR) is 71.3 cm³/mol. The van der Waals surface area contributed by atoms with Gasteiger partial charge in [0.15, 0.2) is 11.5 Å². The molecular formula is C15H21NO2. The lowest BCUT2D eigenvalue weighted by Gasteiger charge is -2.33. The summed E-state index contributed by atoms with van der Waals surface area (Å²) in [5.74, 6) is 2.69. The van der Waals surface area contributed by atoms with Gasteiger partial charge in [0, 0.05) is 6.04 Å². The average molecular weight is 247 g/mol. The Hall–Kier alpha value is -1.22. The summed E-state index contributed by atoms with van der Waals surface area (Å²) in [6.07, 6.45) is 3.73. The Morgan fingerprint density at radius 3 is 2.72 bits per heavy atom. The van der Waals surface area contributed by atoms with Gasteiger partial charge in [-0.1, -0.05) is 13.0 Å². The van der Waals surface area contributed by atoms with E-state index in [1.165, 1.54) is 18.4 Å². The molecule has 2 aliphatic rings. The molecule has 1 saturated carbocycles. The highest BCUT2D eigenvalue weighted by atomic mass is 16.6. The van der Waals surface area contributed by atoms with Gasteiger partial charge < -0.3 is 14.8 Å². The van der Waals surface area contributed by atoms with Gasteiger partial charge in [-0.05, 0) is 49.4 Å². The molecule has 0 atom stereocenters. The van der Waals surface area contributed by atoms with Crippen molar-refractivity contribution >= 4 is 0 Å². The molecule has 0 amide bonds. The maximum absolute atomic E-state index is 5.59. The summed E-state index contributed by atoms with van der Waals surface area (Å²) in [7, 11) is 0. The molecule has 1 aromatic rings. The van der Waals surface area contributed by atoms with Crippen molar-refractivity contribution in [2.75, 3.05) is 19.8 Å². The van der Waals surface area contributed by atoms with Gasteiger partial charge in [0.05, 0.1) is 0 Å². The molecule has 3 rings (SSSR count). The van der Waals surface area contributed by atoms with E-state index in [0.29, 0.717) is 13.2 Å². The Balaban J connectivity index is 1.50. The zero-order valence-electron chi connectivity index (χ0n) is 10.9. The first kappa shape index (κ1) is 11.8. The molecule has 0 radical (unpaired) electrons. The fourth-order valence-electron chi connectivity index (χ4n) is 2.73. The van der Waals surface area contributed by atoms with E-state index in [-0.39, 0.29) is 0 Å². The van der Waals surface area contributed by atoms with Crippen LogP contribution in [0.15, 0.2) is 18.2 Å². The zero-order chi connectivity index (χ0) is 12.4. The lowest BCUT2D eigenvalue weighted by molar-refractivity contribution is 0.171. The van der Waals surface area contributed by atoms with Crippen LogP contribution in [0, 0.1) is 5.92 Å². The van der Waals surface area contributed by atoms with Crippen LogP contribution in [0.25, 0.3) is 0 Å². The highest BCUT2D eigenvalue weighted by Crippen LogP contribution is 2.31. The molecule has 0 bridgehead atoms. The van der Waals surface area contributed by atoms with E-state index in [4.69, 9.17) is 9.47 Å². The number of hydrogen-bond acceptors (Lipinski definition) is 3. The Bertz CT molecular complexity index is 413. The molecule has 3 nitrogen and oxygen atoms in total. The van der Waals surface area contributed by atoms with Crippen molar-refractivity contribution in [2.24, 2.45) is 5.92 Å². The van der Waals surface area contributed by atoms with Crippen LogP contribution in [-0.4, -0.2) is 25.8 Å². The molecule has 1 N–H and O–H groups in total. The summed E-state index contributed by atoms with van der Waals surface area (Å²) in [4.78, 5) is 0. The maximum atomic E-state index is 5.59. The average Bonchev–Trinajstić information content (AvgIpc) is 2.36. The van der Waals surface area contributed by atoms with Crippen LogP contribution < -0.4 is 14.8 Å². The van der Waals surface area contributed by atoms with Crippen molar-refractivity contribution in [1.29, 1.82) is 0 Å². The third-order valence-corrected chi connectivity index (χ3v) is 3.83. The minimum Gasteiger partial charge on any atom is -0.486 e. The fraction of sp³-hybridized carbons (Fsp3) is 0.600. The van der Waals surface area contributed by atoms with Gasteiger partial charge in [0.25, 0.3) is 0 Å². The van der Waals surface area contributed by atoms with Crippen molar-refractivity contribution in [3.8, 4) is 11.5 Å². The fourth-order valence-corrected chi connectivity index (χ4v) is 2.73. The summed E-state index contributed by atoms with van der Waals surface area (Å²) >= 11 is 0. The van der Waals surface area contributed by atoms with Crippen molar-refractivity contribution < 1.29 is 9.47 Å². The first-order valence-electron chi connectivity index (χ1n) is 6.93. The van der Waals surface area contributed by atoms with E-state index in [9.17, 15) is 0 Å². The number of hydrogen-bond donors (Lipinski definition) is 1. The normalized spacial score (nSPS) is 25.6. The second-order valence-electron chi connectivity index (χ2n) is 5.46. The Morgan fingerprint density at radius 2 is 1.94 bits per heavy atom. The summed E-state index contributed by atoms with van der Waals surface area (Å²) in [5.41, 5.74) is 1.32. The number of fused-ring (bicyclic) bond motifs is 1. The Labute approximate surface area is 108 Å². The molecule has 1 aromatic carbocycles. The Morgan fingerprint density at radius 1 is 1.17 bits per heavy atom. The predicted octanol–water partition coefficient (Wildman–Crippen LogP) is 2.39. The molecule has 0 unspecified atom stereocenters. The molecule has 98 valence electrons. The molecule has 3 heteroatoms. The highest BCUT2D eigenvalue weighted by molar-refractivity contribution is 5.43. The van der Waals surface area contributed by atoms with Gasteiger partial charge in [0.2, 0.25) is 0 Å². The van der Waals surface area contributed by atoms with E-state index in [1.54, 1.807) is 0 Å². The van der Waals surface area contributed by atoms with Gasteiger partial charge >= 0.3 is 0 Å². The van der Waals surface area contributed by atoms with Crippen molar-refractivity contribution in [3.63, 3.8) is 0 Å². The third kappa shape index (κ3) is 2.61. The van der Waals surface area contributed by atoms with Crippen molar-refractivity contribution in [3.05, 3.63) is 23.8 Å². The molecule has 18 heavy (non-hydrogen) atoms. The number of rotatable bonds is 4. The molecule has 1 fully saturated rings. The van der Waals surface area contributed by atoms with Gasteiger partial charge in [-0.2, -0.15) is 0 Å². The number of ether oxygens (including phenoxy) is 2. The standard InChI is InChI=1S/C15H21NO2/c1-11-8-13(9-11)16-5-4-12-2-3-14-15(10-12)18-7-6-17-14/h2-3,10-11,13,16H,4-9H2,1H3. The minimum atomic E-state index is 0.660. The minimum absolute atomic E-state index is 0.660. The van der Waals surface area contributed by atoms with E-state index in [0.717, 1.165) is 36.4 Å². The van der Waals surface area contributed by atoms with Crippen molar-refractivity contribution in [1.82, 2.24) is 5.32 Å². The lowest BCUT2D eigenvalue weighted by Crippen LogP contribution is -2.40. The van der Waals surface area contributed by atoms with Crippen LogP contribution in [0.1, 0.15) is 25.3 Å². The summed E-state index contributed by atoms with van der Waals surface area (Å²) < 4.78 is 11.1. The Kier molecular flexibility index (Phi) is 3.41. The van der Waals surface area contributed by atoms with Crippen LogP contribution in [-0.2, 0) is 6.42 Å². The molecule has 0 aromatic heterocycles. The zero-order valence-corrected chi connectivity index (χ0v) is 10.9. The van der Waals surface area contributed by atoms with E-state index in [2.05, 4.69) is 24.4 Å². The molecule has 1 heterocycles. The topological polar surface area (TPSA) is 30.5 Å². The lowest BCUT2D eigenvalue weighted by atomic mass is 9.82. The van der Waals surface area contributed by atoms with Gasteiger partial charge in [0.1, 0.15) is 13.2 Å². The summed E-state index contributed by atoms with van der Waals surface area (Å²) in [5, 5.41) is 3.61. The van der Waals surface area contributed by atoms with Crippen LogP contribution in [0.3, 0.4) is 0 Å². The quantitative estimate of drug-likeness (QED) is 0.886. The van der Waals surface area contributed by atoms with Crippen LogP contribution in [0.5, 0.6) is 11.5 Å². The van der Waals surface area contributed by atoms with Crippen LogP contribution in [0.2, 0.25) is 0 Å². The van der Waals surface area contributed by atoms with Crippen LogP contribution >= 0.6 is 0 Å². The second-order valence-corrected chi connectivity index (χ2v) is 5.46. The van der Waals surface area contributed by atoms with Gasteiger partial charge in [-0.25, -0.2) is 0 Å². The third-order valence-electron chi connectivity index (χ3n) is 3.83.